The Bertz CT molecular complexity index is 905. The molecule has 3 rings (SSSR count). The molecule has 1 amide bonds. The Morgan fingerprint density at radius 2 is 2.15 bits per heavy atom. The number of nitro benzene ring substituents is 1. The van der Waals surface area contributed by atoms with E-state index in [0.717, 1.165) is 12.8 Å². The maximum absolute atomic E-state index is 12.9. The van der Waals surface area contributed by atoms with Gasteiger partial charge in [0.2, 0.25) is 0 Å². The van der Waals surface area contributed by atoms with Gasteiger partial charge in [-0.1, -0.05) is 18.2 Å². The Balaban J connectivity index is 1.89. The zero-order valence-electron chi connectivity index (χ0n) is 14.9. The van der Waals surface area contributed by atoms with Gasteiger partial charge in [-0.05, 0) is 25.8 Å². The maximum atomic E-state index is 12.9. The van der Waals surface area contributed by atoms with Crippen LogP contribution in [0.15, 0.2) is 24.3 Å². The van der Waals surface area contributed by atoms with Crippen molar-refractivity contribution in [2.24, 2.45) is 5.92 Å². The molecule has 0 spiro atoms. The van der Waals surface area contributed by atoms with Crippen molar-refractivity contribution in [2.45, 2.75) is 32.7 Å². The first-order chi connectivity index (χ1) is 12.8. The molecular weight excluding hydrogens is 354 g/mol. The van der Waals surface area contributed by atoms with Crippen molar-refractivity contribution in [1.82, 2.24) is 19.9 Å². The first kappa shape index (κ1) is 18.5. The van der Waals surface area contributed by atoms with Gasteiger partial charge in [-0.15, -0.1) is 5.10 Å². The number of nitrogens with zero attached hydrogens (tertiary/aromatic N) is 5. The Kier molecular flexibility index (Phi) is 4.89. The van der Waals surface area contributed by atoms with Crippen molar-refractivity contribution < 1.29 is 19.6 Å². The van der Waals surface area contributed by atoms with Crippen LogP contribution in [0, 0.1) is 23.0 Å². The summed E-state index contributed by atoms with van der Waals surface area (Å²) in [6.45, 7) is 3.30. The lowest BCUT2D eigenvalue weighted by Crippen LogP contribution is -2.39. The number of carboxylic acids is 1. The quantitative estimate of drug-likeness (QED) is 0.578. The number of benzene rings is 1. The van der Waals surface area contributed by atoms with E-state index in [1.165, 1.54) is 27.8 Å². The fourth-order valence-corrected chi connectivity index (χ4v) is 2.80. The number of carboxylic acid groups (broad SMARTS) is 1. The molecule has 1 unspecified atom stereocenters. The van der Waals surface area contributed by atoms with Crippen LogP contribution < -0.4 is 0 Å². The molecule has 1 atom stereocenters. The van der Waals surface area contributed by atoms with Gasteiger partial charge in [-0.25, -0.2) is 4.68 Å². The third-order valence-corrected chi connectivity index (χ3v) is 4.52. The van der Waals surface area contributed by atoms with Gasteiger partial charge in [0.1, 0.15) is 0 Å². The molecule has 1 heterocycles. The smallest absolute Gasteiger partial charge is 0.308 e. The number of carbonyl (C=O) groups excluding carboxylic acids is 1. The molecule has 10 heteroatoms. The van der Waals surface area contributed by atoms with Crippen LogP contribution in [0.2, 0.25) is 0 Å². The van der Waals surface area contributed by atoms with E-state index >= 15 is 0 Å². The zero-order chi connectivity index (χ0) is 19.7. The monoisotopic (exact) mass is 373 g/mol. The molecule has 27 heavy (non-hydrogen) atoms. The van der Waals surface area contributed by atoms with E-state index < -0.39 is 16.8 Å². The number of non-ortho nitro benzene ring substituents is 1. The molecule has 1 saturated carbocycles. The molecule has 1 fully saturated rings. The minimum absolute atomic E-state index is 0.0154. The Morgan fingerprint density at radius 1 is 1.44 bits per heavy atom. The van der Waals surface area contributed by atoms with E-state index in [9.17, 15) is 19.7 Å². The number of amides is 1. The van der Waals surface area contributed by atoms with Gasteiger partial charge < -0.3 is 10.0 Å². The van der Waals surface area contributed by atoms with Crippen LogP contribution in [0.25, 0.3) is 5.69 Å². The third kappa shape index (κ3) is 3.78. The van der Waals surface area contributed by atoms with Gasteiger partial charge in [0.15, 0.2) is 5.69 Å². The van der Waals surface area contributed by atoms with Crippen LogP contribution >= 0.6 is 0 Å². The van der Waals surface area contributed by atoms with Gasteiger partial charge >= 0.3 is 5.97 Å². The number of hydrogen-bond acceptors (Lipinski definition) is 6. The van der Waals surface area contributed by atoms with Gasteiger partial charge in [-0.2, -0.15) is 0 Å². The molecule has 0 aliphatic heterocycles. The van der Waals surface area contributed by atoms with Crippen molar-refractivity contribution in [3.8, 4) is 5.69 Å². The summed E-state index contributed by atoms with van der Waals surface area (Å²) in [4.78, 5) is 36.1. The van der Waals surface area contributed by atoms with Crippen LogP contribution in [-0.2, 0) is 4.79 Å². The Hall–Kier alpha value is -3.30. The highest BCUT2D eigenvalue weighted by Crippen LogP contribution is 2.29. The second kappa shape index (κ2) is 7.14. The summed E-state index contributed by atoms with van der Waals surface area (Å²) in [6, 6.07) is 5.89. The van der Waals surface area contributed by atoms with Crippen molar-refractivity contribution in [2.75, 3.05) is 6.54 Å². The minimum atomic E-state index is -0.967. The highest BCUT2D eigenvalue weighted by atomic mass is 16.6. The molecule has 1 N–H and O–H groups in total. The average Bonchev–Trinajstić information content (AvgIpc) is 3.40. The van der Waals surface area contributed by atoms with Gasteiger partial charge in [0.25, 0.3) is 11.6 Å². The number of rotatable bonds is 7. The molecule has 1 aliphatic rings. The van der Waals surface area contributed by atoms with E-state index in [-0.39, 0.29) is 29.9 Å². The van der Waals surface area contributed by atoms with Crippen LogP contribution in [0.3, 0.4) is 0 Å². The summed E-state index contributed by atoms with van der Waals surface area (Å²) < 4.78 is 1.37. The molecule has 0 bridgehead atoms. The first-order valence-corrected chi connectivity index (χ1v) is 8.50. The topological polar surface area (TPSA) is 131 Å². The highest BCUT2D eigenvalue weighted by Gasteiger charge is 2.36. The lowest BCUT2D eigenvalue weighted by atomic mass is 10.1. The van der Waals surface area contributed by atoms with Crippen LogP contribution in [0.1, 0.15) is 35.9 Å². The molecular formula is C17H19N5O5. The summed E-state index contributed by atoms with van der Waals surface area (Å²) in [7, 11) is 0. The average molecular weight is 373 g/mol. The number of carbonyl (C=O) groups is 2. The van der Waals surface area contributed by atoms with Crippen molar-refractivity contribution >= 4 is 17.6 Å². The number of nitro groups is 1. The standard InChI is InChI=1S/C17H19N5O5/c1-10(17(24)25)9-20(12-6-7-12)16(23)15-11(2)21(19-18-15)13-4-3-5-14(8-13)22(26)27/h3-5,8,10,12H,6-7,9H2,1-2H3,(H,24,25). The van der Waals surface area contributed by atoms with Crippen molar-refractivity contribution in [1.29, 1.82) is 0 Å². The summed E-state index contributed by atoms with van der Waals surface area (Å²) in [5, 5.41) is 28.0. The number of hydrogen-bond donors (Lipinski definition) is 1. The fraction of sp³-hybridized carbons (Fsp3) is 0.412. The summed E-state index contributed by atoms with van der Waals surface area (Å²) >= 11 is 0. The van der Waals surface area contributed by atoms with E-state index in [1.807, 2.05) is 0 Å². The van der Waals surface area contributed by atoms with Gasteiger partial charge in [-0.3, -0.25) is 19.7 Å². The first-order valence-electron chi connectivity index (χ1n) is 8.50. The fourth-order valence-electron chi connectivity index (χ4n) is 2.80. The Morgan fingerprint density at radius 3 is 2.74 bits per heavy atom. The summed E-state index contributed by atoms with van der Waals surface area (Å²) in [6.07, 6.45) is 1.66. The Labute approximate surface area is 154 Å². The van der Waals surface area contributed by atoms with E-state index in [4.69, 9.17) is 5.11 Å². The number of aliphatic carboxylic acids is 1. The number of aromatic nitrogens is 3. The molecule has 1 aromatic heterocycles. The SMILES string of the molecule is Cc1c(C(=O)N(CC(C)C(=O)O)C2CC2)nnn1-c1cccc([N+](=O)[O-])c1. The van der Waals surface area contributed by atoms with Crippen LogP contribution in [0.4, 0.5) is 5.69 Å². The predicted molar refractivity (Wildman–Crippen MR) is 93.6 cm³/mol. The van der Waals surface area contributed by atoms with E-state index in [0.29, 0.717) is 11.4 Å². The minimum Gasteiger partial charge on any atom is -0.481 e. The molecule has 0 radical (unpaired) electrons. The van der Waals surface area contributed by atoms with E-state index in [1.54, 1.807) is 19.9 Å². The second-order valence-electron chi connectivity index (χ2n) is 6.64. The zero-order valence-corrected chi connectivity index (χ0v) is 14.9. The van der Waals surface area contributed by atoms with E-state index in [2.05, 4.69) is 10.3 Å². The molecule has 2 aromatic rings. The lowest BCUT2D eigenvalue weighted by molar-refractivity contribution is -0.384. The molecule has 10 nitrogen and oxygen atoms in total. The van der Waals surface area contributed by atoms with Crippen molar-refractivity contribution in [3.63, 3.8) is 0 Å². The summed E-state index contributed by atoms with van der Waals surface area (Å²) in [5.74, 6) is -2.04. The molecule has 142 valence electrons. The van der Waals surface area contributed by atoms with Gasteiger partial charge in [0.05, 0.1) is 22.2 Å². The predicted octanol–water partition coefficient (Wildman–Crippen LogP) is 1.81. The summed E-state index contributed by atoms with van der Waals surface area (Å²) in [5.41, 5.74) is 0.885. The van der Waals surface area contributed by atoms with Crippen molar-refractivity contribution in [3.05, 3.63) is 45.8 Å². The third-order valence-electron chi connectivity index (χ3n) is 4.52. The molecule has 0 saturated heterocycles. The van der Waals surface area contributed by atoms with Gasteiger partial charge in [0, 0.05) is 24.7 Å². The van der Waals surface area contributed by atoms with Crippen LogP contribution in [-0.4, -0.2) is 54.4 Å². The molecule has 1 aliphatic carbocycles. The largest absolute Gasteiger partial charge is 0.481 e. The normalized spacial score (nSPS) is 14.6. The lowest BCUT2D eigenvalue weighted by Gasteiger charge is -2.23. The maximum Gasteiger partial charge on any atom is 0.308 e. The molecule has 1 aromatic carbocycles. The highest BCUT2D eigenvalue weighted by molar-refractivity contribution is 5.94. The second-order valence-corrected chi connectivity index (χ2v) is 6.64. The van der Waals surface area contributed by atoms with Crippen LogP contribution in [0.5, 0.6) is 0 Å².